The number of fused-ring (bicyclic) bond motifs is 4. The molecule has 0 bridgehead atoms. The van der Waals surface area contributed by atoms with Crippen molar-refractivity contribution in [1.29, 1.82) is 0 Å². The van der Waals surface area contributed by atoms with Gasteiger partial charge in [0.25, 0.3) is 5.91 Å². The molecule has 0 saturated carbocycles. The number of amides is 2. The van der Waals surface area contributed by atoms with Gasteiger partial charge in [-0.2, -0.15) is 0 Å². The summed E-state index contributed by atoms with van der Waals surface area (Å²) in [5.41, 5.74) is 9.71. The Morgan fingerprint density at radius 2 is 1.95 bits per heavy atom. The van der Waals surface area contributed by atoms with Gasteiger partial charge in [-0.05, 0) is 47.4 Å². The van der Waals surface area contributed by atoms with E-state index in [0.717, 1.165) is 16.7 Å². The summed E-state index contributed by atoms with van der Waals surface area (Å²) >= 11 is 0. The van der Waals surface area contributed by atoms with E-state index in [9.17, 15) is 14.0 Å². The monoisotopic (exact) mass is 495 g/mol. The highest BCUT2D eigenvalue weighted by atomic mass is 19.1. The molecule has 10 heteroatoms. The van der Waals surface area contributed by atoms with E-state index in [2.05, 4.69) is 20.3 Å². The maximum Gasteiger partial charge on any atom is 0.274 e. The molecule has 184 valence electrons. The highest BCUT2D eigenvalue weighted by Crippen LogP contribution is 2.25. The lowest BCUT2D eigenvalue weighted by atomic mass is 9.96. The SMILES string of the molecule is Nc1nc2c(F)cccc2c2nc(C(=O)N3CCc4ccc(CC(=O)Nc5ccccn5)cc4C3)cn12. The molecule has 37 heavy (non-hydrogen) atoms. The van der Waals surface area contributed by atoms with Crippen LogP contribution in [-0.4, -0.2) is 42.6 Å². The molecule has 5 aromatic rings. The van der Waals surface area contributed by atoms with E-state index in [1.165, 1.54) is 16.7 Å². The van der Waals surface area contributed by atoms with Gasteiger partial charge in [-0.3, -0.25) is 14.0 Å². The molecule has 0 spiro atoms. The van der Waals surface area contributed by atoms with Gasteiger partial charge in [-0.15, -0.1) is 0 Å². The Morgan fingerprint density at radius 1 is 1.05 bits per heavy atom. The lowest BCUT2D eigenvalue weighted by molar-refractivity contribution is -0.115. The minimum absolute atomic E-state index is 0.0526. The maximum atomic E-state index is 14.3. The summed E-state index contributed by atoms with van der Waals surface area (Å²) in [6.45, 7) is 0.920. The number of nitrogens with one attached hydrogen (secondary N) is 1. The van der Waals surface area contributed by atoms with Crippen LogP contribution >= 0.6 is 0 Å². The van der Waals surface area contributed by atoms with Crippen LogP contribution in [0.4, 0.5) is 16.2 Å². The number of carbonyl (C=O) groups excluding carboxylic acids is 2. The summed E-state index contributed by atoms with van der Waals surface area (Å²) in [5.74, 6) is -0.365. The van der Waals surface area contributed by atoms with E-state index >= 15 is 0 Å². The first-order valence-corrected chi connectivity index (χ1v) is 11.8. The molecule has 0 fully saturated rings. The fourth-order valence-electron chi connectivity index (χ4n) is 4.69. The molecule has 0 saturated heterocycles. The number of pyridine rings is 1. The average Bonchev–Trinajstić information content (AvgIpc) is 3.36. The fourth-order valence-corrected chi connectivity index (χ4v) is 4.69. The van der Waals surface area contributed by atoms with Crippen LogP contribution in [0.2, 0.25) is 0 Å². The number of para-hydroxylation sites is 1. The number of nitrogens with two attached hydrogens (primary N) is 1. The fraction of sp³-hybridized carbons (Fsp3) is 0.148. The van der Waals surface area contributed by atoms with E-state index in [0.29, 0.717) is 36.4 Å². The highest BCUT2D eigenvalue weighted by molar-refractivity contribution is 5.98. The van der Waals surface area contributed by atoms with Crippen molar-refractivity contribution in [2.75, 3.05) is 17.6 Å². The number of rotatable bonds is 4. The maximum absolute atomic E-state index is 14.3. The highest BCUT2D eigenvalue weighted by Gasteiger charge is 2.25. The minimum atomic E-state index is -0.500. The van der Waals surface area contributed by atoms with E-state index in [-0.39, 0.29) is 35.4 Å². The van der Waals surface area contributed by atoms with Crippen molar-refractivity contribution in [3.63, 3.8) is 0 Å². The van der Waals surface area contributed by atoms with E-state index in [4.69, 9.17) is 5.73 Å². The quantitative estimate of drug-likeness (QED) is 0.395. The van der Waals surface area contributed by atoms with Crippen molar-refractivity contribution in [3.8, 4) is 0 Å². The number of anilines is 2. The summed E-state index contributed by atoms with van der Waals surface area (Å²) < 4.78 is 15.8. The molecule has 2 aromatic carbocycles. The van der Waals surface area contributed by atoms with Gasteiger partial charge >= 0.3 is 0 Å². The van der Waals surface area contributed by atoms with Crippen LogP contribution in [-0.2, 0) is 24.2 Å². The van der Waals surface area contributed by atoms with Crippen LogP contribution in [0.3, 0.4) is 0 Å². The zero-order chi connectivity index (χ0) is 25.5. The van der Waals surface area contributed by atoms with E-state index in [1.807, 2.05) is 24.3 Å². The number of halogens is 1. The summed E-state index contributed by atoms with van der Waals surface area (Å²) in [6, 6.07) is 15.8. The van der Waals surface area contributed by atoms with Gasteiger partial charge in [0.2, 0.25) is 11.9 Å². The number of imidazole rings is 1. The predicted molar refractivity (Wildman–Crippen MR) is 136 cm³/mol. The Hall–Kier alpha value is -4.86. The average molecular weight is 496 g/mol. The van der Waals surface area contributed by atoms with Gasteiger partial charge in [0.1, 0.15) is 28.5 Å². The zero-order valence-electron chi connectivity index (χ0n) is 19.7. The van der Waals surface area contributed by atoms with E-state index < -0.39 is 5.82 Å². The third-order valence-electron chi connectivity index (χ3n) is 6.49. The van der Waals surface area contributed by atoms with Crippen LogP contribution in [0.25, 0.3) is 16.6 Å². The van der Waals surface area contributed by atoms with Gasteiger partial charge < -0.3 is 16.0 Å². The molecule has 0 radical (unpaired) electrons. The topological polar surface area (TPSA) is 119 Å². The first-order chi connectivity index (χ1) is 18.0. The largest absolute Gasteiger partial charge is 0.369 e. The van der Waals surface area contributed by atoms with Crippen LogP contribution in [0.1, 0.15) is 27.2 Å². The molecule has 2 amide bonds. The van der Waals surface area contributed by atoms with Crippen LogP contribution in [0.5, 0.6) is 0 Å². The first kappa shape index (κ1) is 22.6. The number of benzene rings is 2. The lowest BCUT2D eigenvalue weighted by Crippen LogP contribution is -2.36. The van der Waals surface area contributed by atoms with Crippen molar-refractivity contribution < 1.29 is 14.0 Å². The van der Waals surface area contributed by atoms with Gasteiger partial charge in [-0.25, -0.2) is 19.3 Å². The van der Waals surface area contributed by atoms with Crippen LogP contribution in [0.15, 0.2) is 67.0 Å². The standard InChI is InChI=1S/C27H22FN7O2/c28-20-5-3-4-19-24(20)33-27(29)35-15-21(31-25(19)35)26(37)34-11-9-17-8-7-16(12-18(17)14-34)13-23(36)32-22-6-1-2-10-30-22/h1-8,10,12,15H,9,11,13-14H2,(H2,29,33)(H,30,32,36). The molecule has 0 aliphatic carbocycles. The molecule has 9 nitrogen and oxygen atoms in total. The molecular formula is C27H22FN7O2. The second-order valence-electron chi connectivity index (χ2n) is 8.95. The molecule has 1 aliphatic heterocycles. The smallest absolute Gasteiger partial charge is 0.274 e. The zero-order valence-corrected chi connectivity index (χ0v) is 19.7. The lowest BCUT2D eigenvalue weighted by Gasteiger charge is -2.28. The second kappa shape index (κ2) is 8.98. The Kier molecular flexibility index (Phi) is 5.48. The van der Waals surface area contributed by atoms with Gasteiger partial charge in [0.05, 0.1) is 6.42 Å². The molecular weight excluding hydrogens is 473 g/mol. The molecule has 0 atom stereocenters. The summed E-state index contributed by atoms with van der Waals surface area (Å²) in [7, 11) is 0. The molecule has 4 heterocycles. The number of hydrogen-bond donors (Lipinski definition) is 2. The van der Waals surface area contributed by atoms with Crippen LogP contribution in [0, 0.1) is 5.82 Å². The predicted octanol–water partition coefficient (Wildman–Crippen LogP) is 3.38. The van der Waals surface area contributed by atoms with Crippen molar-refractivity contribution >= 4 is 40.1 Å². The molecule has 6 rings (SSSR count). The number of hydrogen-bond acceptors (Lipinski definition) is 6. The first-order valence-electron chi connectivity index (χ1n) is 11.8. The van der Waals surface area contributed by atoms with Crippen molar-refractivity contribution in [2.24, 2.45) is 0 Å². The normalized spacial score (nSPS) is 13.1. The number of nitrogen functional groups attached to an aromatic ring is 1. The van der Waals surface area contributed by atoms with Gasteiger partial charge in [-0.1, -0.05) is 30.3 Å². The molecule has 3 N–H and O–H groups in total. The summed E-state index contributed by atoms with van der Waals surface area (Å²) in [6.07, 6.45) is 4.04. The Bertz CT molecular complexity index is 1680. The second-order valence-corrected chi connectivity index (χ2v) is 8.95. The Balaban J connectivity index is 1.23. The Labute approximate surface area is 210 Å². The summed E-state index contributed by atoms with van der Waals surface area (Å²) in [5, 5.41) is 3.27. The van der Waals surface area contributed by atoms with E-state index in [1.54, 1.807) is 35.4 Å². The van der Waals surface area contributed by atoms with Gasteiger partial charge in [0.15, 0.2) is 0 Å². The third kappa shape index (κ3) is 4.22. The third-order valence-corrected chi connectivity index (χ3v) is 6.49. The van der Waals surface area contributed by atoms with Crippen molar-refractivity contribution in [1.82, 2.24) is 24.3 Å². The number of nitrogens with zero attached hydrogens (tertiary/aromatic N) is 5. The molecule has 0 unspecified atom stereocenters. The van der Waals surface area contributed by atoms with Crippen LogP contribution < -0.4 is 11.1 Å². The van der Waals surface area contributed by atoms with Crippen molar-refractivity contribution in [3.05, 3.63) is 95.2 Å². The minimum Gasteiger partial charge on any atom is -0.369 e. The summed E-state index contributed by atoms with van der Waals surface area (Å²) in [4.78, 5) is 40.3. The number of carbonyl (C=O) groups is 2. The van der Waals surface area contributed by atoms with Gasteiger partial charge in [0, 0.05) is 30.9 Å². The Morgan fingerprint density at radius 3 is 2.78 bits per heavy atom. The molecule has 3 aromatic heterocycles. The van der Waals surface area contributed by atoms with Crippen molar-refractivity contribution in [2.45, 2.75) is 19.4 Å². The molecule has 1 aliphatic rings. The number of aromatic nitrogens is 4.